The fraction of sp³-hybridized carbons (Fsp3) is 0.424. The molecule has 0 spiro atoms. The lowest BCUT2D eigenvalue weighted by atomic mass is 9.61. The average Bonchev–Trinajstić information content (AvgIpc) is 3.01. The van der Waals surface area contributed by atoms with Crippen molar-refractivity contribution in [1.82, 2.24) is 19.9 Å². The van der Waals surface area contributed by atoms with Gasteiger partial charge in [-0.15, -0.1) is 0 Å². The van der Waals surface area contributed by atoms with E-state index in [4.69, 9.17) is 21.6 Å². The number of aryl methyl sites for hydroxylation is 2. The summed E-state index contributed by atoms with van der Waals surface area (Å²) in [5, 5.41) is 4.91. The van der Waals surface area contributed by atoms with E-state index in [2.05, 4.69) is 53.1 Å². The summed E-state index contributed by atoms with van der Waals surface area (Å²) in [6.07, 6.45) is 10.4. The van der Waals surface area contributed by atoms with Crippen LogP contribution < -0.4 is 10.0 Å². The molecule has 10 heteroatoms. The highest BCUT2D eigenvalue weighted by Gasteiger charge is 2.49. The Morgan fingerprint density at radius 2 is 1.65 bits per heavy atom. The van der Waals surface area contributed by atoms with E-state index in [1.165, 1.54) is 25.3 Å². The lowest BCUT2D eigenvalue weighted by molar-refractivity contribution is 0.0152. The molecule has 7 rings (SSSR count). The molecular formula is C33H39ClN6O2S. The Balaban J connectivity index is 1.27. The number of aromatic nitrogens is 3. The van der Waals surface area contributed by atoms with Gasteiger partial charge in [0.2, 0.25) is 5.95 Å². The van der Waals surface area contributed by atoms with Crippen molar-refractivity contribution < 1.29 is 8.42 Å². The Bertz CT molecular complexity index is 1770. The topological polar surface area (TPSA) is 100 Å². The Morgan fingerprint density at radius 3 is 2.30 bits per heavy atom. The highest BCUT2D eigenvalue weighted by atomic mass is 35.5. The fourth-order valence-corrected chi connectivity index (χ4v) is 8.43. The van der Waals surface area contributed by atoms with Crippen LogP contribution in [0.5, 0.6) is 0 Å². The third kappa shape index (κ3) is 5.58. The van der Waals surface area contributed by atoms with Gasteiger partial charge in [-0.25, -0.2) is 23.4 Å². The van der Waals surface area contributed by atoms with Gasteiger partial charge < -0.3 is 10.2 Å². The van der Waals surface area contributed by atoms with E-state index in [-0.39, 0.29) is 21.3 Å². The highest BCUT2D eigenvalue weighted by molar-refractivity contribution is 7.92. The predicted octanol–water partition coefficient (Wildman–Crippen LogP) is 7.09. The van der Waals surface area contributed by atoms with Gasteiger partial charge in [0.25, 0.3) is 10.0 Å². The van der Waals surface area contributed by atoms with Crippen molar-refractivity contribution in [3.63, 3.8) is 0 Å². The van der Waals surface area contributed by atoms with Crippen LogP contribution in [0.4, 0.5) is 11.8 Å². The summed E-state index contributed by atoms with van der Waals surface area (Å²) in [6.45, 7) is 4.15. The minimum atomic E-state index is -3.88. The Morgan fingerprint density at radius 1 is 0.930 bits per heavy atom. The number of hydrogen-bond acceptors (Lipinski definition) is 7. The van der Waals surface area contributed by atoms with Crippen LogP contribution in [0.2, 0.25) is 5.02 Å². The van der Waals surface area contributed by atoms with Crippen molar-refractivity contribution in [3.8, 4) is 11.1 Å². The average molecular weight is 619 g/mol. The van der Waals surface area contributed by atoms with Crippen LogP contribution >= 0.6 is 11.6 Å². The second-order valence-corrected chi connectivity index (χ2v) is 14.3. The lowest BCUT2D eigenvalue weighted by Crippen LogP contribution is -2.59. The summed E-state index contributed by atoms with van der Waals surface area (Å²) in [7, 11) is 0.556. The van der Waals surface area contributed by atoms with Gasteiger partial charge in [0.1, 0.15) is 10.7 Å². The first-order chi connectivity index (χ1) is 20.6. The van der Waals surface area contributed by atoms with Gasteiger partial charge in [0.15, 0.2) is 0 Å². The standard InChI is InChI=1S/C33H39ClN6O2S/c1-5-22-19-23(25-11-12-29(36-27(25)6-2)39-43(41,42)28-10-8-7-9-26(28)34)20-24-21-35-31(37-30(22)24)38-32-13-16-33(17-14-32,18-15-32)40(3)4/h7-12,19-21H,5-6,13-18H2,1-4H3,(H,36,39)(H,35,37,38). The molecule has 3 aliphatic carbocycles. The zero-order chi connectivity index (χ0) is 30.4. The maximum atomic E-state index is 13.0. The molecule has 2 heterocycles. The number of nitrogens with zero attached hydrogens (tertiary/aromatic N) is 4. The first-order valence-corrected chi connectivity index (χ1v) is 17.0. The van der Waals surface area contributed by atoms with Crippen molar-refractivity contribution >= 4 is 44.3 Å². The number of hydrogen-bond donors (Lipinski definition) is 2. The van der Waals surface area contributed by atoms with Crippen LogP contribution in [0.25, 0.3) is 22.0 Å². The zero-order valence-electron chi connectivity index (χ0n) is 25.2. The molecule has 2 aromatic heterocycles. The minimum Gasteiger partial charge on any atom is -0.349 e. The molecule has 226 valence electrons. The molecule has 2 N–H and O–H groups in total. The zero-order valence-corrected chi connectivity index (χ0v) is 26.8. The van der Waals surface area contributed by atoms with Crippen LogP contribution in [-0.2, 0) is 22.9 Å². The van der Waals surface area contributed by atoms with Crippen molar-refractivity contribution in [2.24, 2.45) is 0 Å². The quantitative estimate of drug-likeness (QED) is 0.207. The molecular weight excluding hydrogens is 580 g/mol. The van der Waals surface area contributed by atoms with Gasteiger partial charge in [-0.05, 0) is 113 Å². The van der Waals surface area contributed by atoms with Crippen LogP contribution in [-0.4, -0.2) is 53.4 Å². The fourth-order valence-electron chi connectivity index (χ4n) is 6.91. The molecule has 0 saturated heterocycles. The summed E-state index contributed by atoms with van der Waals surface area (Å²) in [5.74, 6) is 0.962. The molecule has 0 unspecified atom stereocenters. The van der Waals surface area contributed by atoms with E-state index in [1.54, 1.807) is 24.3 Å². The second kappa shape index (κ2) is 11.3. The van der Waals surface area contributed by atoms with Crippen LogP contribution in [0.15, 0.2) is 59.6 Å². The van der Waals surface area contributed by atoms with Crippen molar-refractivity contribution in [2.75, 3.05) is 24.1 Å². The number of rotatable bonds is 9. The molecule has 0 aliphatic heterocycles. The Labute approximate surface area is 259 Å². The Kier molecular flexibility index (Phi) is 7.85. The molecule has 4 aromatic rings. The third-order valence-corrected chi connectivity index (χ3v) is 11.5. The minimum absolute atomic E-state index is 0.0183. The molecule has 2 bridgehead atoms. The smallest absolute Gasteiger partial charge is 0.264 e. The summed E-state index contributed by atoms with van der Waals surface area (Å²) in [4.78, 5) is 16.9. The molecule has 3 aliphatic rings. The van der Waals surface area contributed by atoms with Gasteiger partial charge in [-0.3, -0.25) is 4.72 Å². The van der Waals surface area contributed by atoms with E-state index < -0.39 is 10.0 Å². The largest absolute Gasteiger partial charge is 0.349 e. The van der Waals surface area contributed by atoms with E-state index in [0.717, 1.165) is 59.0 Å². The summed E-state index contributed by atoms with van der Waals surface area (Å²) in [5.41, 5.74) is 5.29. The Hall–Kier alpha value is -3.27. The number of sulfonamides is 1. The molecule has 43 heavy (non-hydrogen) atoms. The summed E-state index contributed by atoms with van der Waals surface area (Å²) in [6, 6.07) is 14.3. The number of anilines is 2. The van der Waals surface area contributed by atoms with Crippen LogP contribution in [0.3, 0.4) is 0 Å². The van der Waals surface area contributed by atoms with Crippen molar-refractivity contribution in [3.05, 3.63) is 71.0 Å². The maximum absolute atomic E-state index is 13.0. The number of halogens is 1. The molecule has 8 nitrogen and oxygen atoms in total. The highest BCUT2D eigenvalue weighted by Crippen LogP contribution is 2.50. The molecule has 3 saturated carbocycles. The first-order valence-electron chi connectivity index (χ1n) is 15.1. The first kappa shape index (κ1) is 29.8. The van der Waals surface area contributed by atoms with E-state index in [1.807, 2.05) is 19.2 Å². The summed E-state index contributed by atoms with van der Waals surface area (Å²) >= 11 is 6.15. The van der Waals surface area contributed by atoms with Gasteiger partial charge in [0, 0.05) is 28.2 Å². The van der Waals surface area contributed by atoms with E-state index in [0.29, 0.717) is 17.9 Å². The lowest BCUT2D eigenvalue weighted by Gasteiger charge is -2.56. The van der Waals surface area contributed by atoms with Gasteiger partial charge in [0.05, 0.1) is 16.2 Å². The van der Waals surface area contributed by atoms with Crippen molar-refractivity contribution in [2.45, 2.75) is 81.2 Å². The summed E-state index contributed by atoms with van der Waals surface area (Å²) < 4.78 is 28.6. The van der Waals surface area contributed by atoms with Gasteiger partial charge >= 0.3 is 0 Å². The number of fused-ring (bicyclic) bond motifs is 4. The normalized spacial score (nSPS) is 21.8. The van der Waals surface area contributed by atoms with Crippen LogP contribution in [0.1, 0.15) is 63.6 Å². The number of nitrogens with one attached hydrogen (secondary N) is 2. The molecule has 0 radical (unpaired) electrons. The third-order valence-electron chi connectivity index (χ3n) is 9.66. The maximum Gasteiger partial charge on any atom is 0.264 e. The van der Waals surface area contributed by atoms with Crippen LogP contribution in [0, 0.1) is 0 Å². The number of benzene rings is 2. The predicted molar refractivity (Wildman–Crippen MR) is 174 cm³/mol. The van der Waals surface area contributed by atoms with Gasteiger partial charge in [-0.2, -0.15) is 0 Å². The second-order valence-electron chi connectivity index (χ2n) is 12.2. The molecule has 0 atom stereocenters. The monoisotopic (exact) mass is 618 g/mol. The molecule has 3 fully saturated rings. The molecule has 2 aromatic carbocycles. The SMILES string of the molecule is CCc1nc(NS(=O)(=O)c2ccccc2Cl)ccc1-c1cc(CC)c2nc(NC34CCC(N(C)C)(CC3)CC4)ncc2c1. The van der Waals surface area contributed by atoms with E-state index >= 15 is 0 Å². The van der Waals surface area contributed by atoms with Crippen molar-refractivity contribution in [1.29, 1.82) is 0 Å². The molecule has 0 amide bonds. The number of pyridine rings is 1. The van der Waals surface area contributed by atoms with Gasteiger partial charge in [-0.1, -0.05) is 37.6 Å². The van der Waals surface area contributed by atoms with E-state index in [9.17, 15) is 8.42 Å².